The predicted octanol–water partition coefficient (Wildman–Crippen LogP) is 3.80. The summed E-state index contributed by atoms with van der Waals surface area (Å²) in [5.41, 5.74) is 1.94. The fourth-order valence-corrected chi connectivity index (χ4v) is 1.82. The molecule has 0 aliphatic carbocycles. The molecule has 4 heteroatoms. The van der Waals surface area contributed by atoms with Crippen molar-refractivity contribution in [3.63, 3.8) is 0 Å². The van der Waals surface area contributed by atoms with Crippen LogP contribution >= 0.6 is 27.5 Å². The SMILES string of the molecule is Cc1cnc(-c2cccc(Br)c2Cl)[nH]1. The summed E-state index contributed by atoms with van der Waals surface area (Å²) >= 11 is 9.51. The van der Waals surface area contributed by atoms with Gasteiger partial charge in [0, 0.05) is 21.9 Å². The zero-order valence-corrected chi connectivity index (χ0v) is 9.85. The molecule has 0 saturated carbocycles. The highest BCUT2D eigenvalue weighted by Crippen LogP contribution is 2.31. The standard InChI is InChI=1S/C10H8BrClN2/c1-6-5-13-10(14-6)7-3-2-4-8(11)9(7)12/h2-5H,1H3,(H,13,14). The van der Waals surface area contributed by atoms with Crippen molar-refractivity contribution in [3.05, 3.63) is 39.6 Å². The number of H-pyrrole nitrogens is 1. The Morgan fingerprint density at radius 2 is 2.21 bits per heavy atom. The van der Waals surface area contributed by atoms with E-state index in [1.165, 1.54) is 0 Å². The van der Waals surface area contributed by atoms with E-state index in [1.54, 1.807) is 6.20 Å². The lowest BCUT2D eigenvalue weighted by molar-refractivity contribution is 1.25. The van der Waals surface area contributed by atoms with E-state index in [1.807, 2.05) is 25.1 Å². The van der Waals surface area contributed by atoms with Gasteiger partial charge in [-0.3, -0.25) is 0 Å². The number of imidazole rings is 1. The second-order valence-corrected chi connectivity index (χ2v) is 4.25. The molecule has 0 atom stereocenters. The highest BCUT2D eigenvalue weighted by atomic mass is 79.9. The molecule has 1 heterocycles. The van der Waals surface area contributed by atoms with Crippen LogP contribution in [0.15, 0.2) is 28.9 Å². The van der Waals surface area contributed by atoms with Crippen LogP contribution in [0.3, 0.4) is 0 Å². The summed E-state index contributed by atoms with van der Waals surface area (Å²) in [7, 11) is 0. The van der Waals surface area contributed by atoms with Crippen LogP contribution in [0.1, 0.15) is 5.69 Å². The fraction of sp³-hybridized carbons (Fsp3) is 0.100. The molecule has 2 nitrogen and oxygen atoms in total. The third-order valence-electron chi connectivity index (χ3n) is 1.91. The lowest BCUT2D eigenvalue weighted by Gasteiger charge is -2.01. The minimum Gasteiger partial charge on any atom is -0.342 e. The van der Waals surface area contributed by atoms with Gasteiger partial charge in [-0.25, -0.2) is 4.98 Å². The van der Waals surface area contributed by atoms with Crippen LogP contribution in [0.5, 0.6) is 0 Å². The largest absolute Gasteiger partial charge is 0.342 e. The number of hydrogen-bond acceptors (Lipinski definition) is 1. The molecule has 1 aromatic carbocycles. The molecule has 0 spiro atoms. The summed E-state index contributed by atoms with van der Waals surface area (Å²) in [5.74, 6) is 0.800. The van der Waals surface area contributed by atoms with Crippen molar-refractivity contribution in [1.29, 1.82) is 0 Å². The van der Waals surface area contributed by atoms with Gasteiger partial charge >= 0.3 is 0 Å². The molecular weight excluding hydrogens is 263 g/mol. The van der Waals surface area contributed by atoms with Crippen LogP contribution in [0.25, 0.3) is 11.4 Å². The van der Waals surface area contributed by atoms with Crippen LogP contribution < -0.4 is 0 Å². The van der Waals surface area contributed by atoms with Gasteiger partial charge in [-0.1, -0.05) is 17.7 Å². The Morgan fingerprint density at radius 3 is 2.86 bits per heavy atom. The van der Waals surface area contributed by atoms with Crippen molar-refractivity contribution in [2.75, 3.05) is 0 Å². The molecule has 2 aromatic rings. The van der Waals surface area contributed by atoms with Crippen LogP contribution in [-0.2, 0) is 0 Å². The van der Waals surface area contributed by atoms with Crippen LogP contribution in [0, 0.1) is 6.92 Å². The molecule has 0 amide bonds. The summed E-state index contributed by atoms with van der Waals surface area (Å²) in [6, 6.07) is 5.77. The van der Waals surface area contributed by atoms with Crippen molar-refractivity contribution < 1.29 is 0 Å². The van der Waals surface area contributed by atoms with E-state index in [4.69, 9.17) is 11.6 Å². The van der Waals surface area contributed by atoms with Gasteiger partial charge in [0.25, 0.3) is 0 Å². The van der Waals surface area contributed by atoms with Gasteiger partial charge in [0.2, 0.25) is 0 Å². The van der Waals surface area contributed by atoms with Gasteiger partial charge in [0.1, 0.15) is 5.82 Å². The maximum absolute atomic E-state index is 6.13. The van der Waals surface area contributed by atoms with E-state index in [9.17, 15) is 0 Å². The van der Waals surface area contributed by atoms with Gasteiger partial charge in [-0.05, 0) is 35.0 Å². The highest BCUT2D eigenvalue weighted by Gasteiger charge is 2.08. The average Bonchev–Trinajstić information content (AvgIpc) is 2.57. The number of aryl methyl sites for hydroxylation is 1. The van der Waals surface area contributed by atoms with Gasteiger partial charge in [-0.2, -0.15) is 0 Å². The zero-order chi connectivity index (χ0) is 10.1. The molecular formula is C10H8BrClN2. The smallest absolute Gasteiger partial charge is 0.139 e. The van der Waals surface area contributed by atoms with E-state index < -0.39 is 0 Å². The van der Waals surface area contributed by atoms with E-state index in [-0.39, 0.29) is 0 Å². The van der Waals surface area contributed by atoms with Crippen molar-refractivity contribution in [2.24, 2.45) is 0 Å². The maximum atomic E-state index is 6.13. The van der Waals surface area contributed by atoms with Gasteiger partial charge < -0.3 is 4.98 Å². The Labute approximate surface area is 95.5 Å². The summed E-state index contributed by atoms with van der Waals surface area (Å²) in [6.07, 6.45) is 1.78. The molecule has 14 heavy (non-hydrogen) atoms. The Balaban J connectivity index is 2.57. The molecule has 72 valence electrons. The van der Waals surface area contributed by atoms with Crippen LogP contribution in [-0.4, -0.2) is 9.97 Å². The third kappa shape index (κ3) is 1.70. The lowest BCUT2D eigenvalue weighted by Crippen LogP contribution is -1.83. The van der Waals surface area contributed by atoms with Crippen molar-refractivity contribution >= 4 is 27.5 Å². The molecule has 0 aliphatic rings. The van der Waals surface area contributed by atoms with Crippen LogP contribution in [0.2, 0.25) is 5.02 Å². The number of nitrogens with zero attached hydrogens (tertiary/aromatic N) is 1. The number of aromatic nitrogens is 2. The molecule has 0 saturated heterocycles. The van der Waals surface area contributed by atoms with Crippen molar-refractivity contribution in [3.8, 4) is 11.4 Å². The number of halogens is 2. The van der Waals surface area contributed by atoms with Crippen LogP contribution in [0.4, 0.5) is 0 Å². The van der Waals surface area contributed by atoms with Crippen molar-refractivity contribution in [1.82, 2.24) is 9.97 Å². The van der Waals surface area contributed by atoms with E-state index >= 15 is 0 Å². The second-order valence-electron chi connectivity index (χ2n) is 3.02. The Morgan fingerprint density at radius 1 is 1.43 bits per heavy atom. The summed E-state index contributed by atoms with van der Waals surface area (Å²) in [6.45, 7) is 1.96. The quantitative estimate of drug-likeness (QED) is 0.839. The summed E-state index contributed by atoms with van der Waals surface area (Å²) < 4.78 is 0.880. The highest BCUT2D eigenvalue weighted by molar-refractivity contribution is 9.10. The van der Waals surface area contributed by atoms with Gasteiger partial charge in [0.05, 0.1) is 5.02 Å². The lowest BCUT2D eigenvalue weighted by atomic mass is 10.2. The molecule has 0 aliphatic heterocycles. The van der Waals surface area contributed by atoms with E-state index in [2.05, 4.69) is 25.9 Å². The fourth-order valence-electron chi connectivity index (χ4n) is 1.24. The summed E-state index contributed by atoms with van der Waals surface area (Å²) in [4.78, 5) is 7.37. The number of benzene rings is 1. The normalized spacial score (nSPS) is 10.5. The number of aromatic amines is 1. The van der Waals surface area contributed by atoms with Gasteiger partial charge in [0.15, 0.2) is 0 Å². The molecule has 1 N–H and O–H groups in total. The molecule has 0 radical (unpaired) electrons. The molecule has 0 fully saturated rings. The first-order chi connectivity index (χ1) is 6.68. The Bertz CT molecular complexity index is 465. The second kappa shape index (κ2) is 3.75. The number of hydrogen-bond donors (Lipinski definition) is 1. The molecule has 1 aromatic heterocycles. The topological polar surface area (TPSA) is 28.7 Å². The monoisotopic (exact) mass is 270 g/mol. The van der Waals surface area contributed by atoms with E-state index in [0.29, 0.717) is 5.02 Å². The first-order valence-corrected chi connectivity index (χ1v) is 5.31. The maximum Gasteiger partial charge on any atom is 0.139 e. The molecule has 2 rings (SSSR count). The number of rotatable bonds is 1. The predicted molar refractivity (Wildman–Crippen MR) is 61.5 cm³/mol. The molecule has 0 bridgehead atoms. The first-order valence-electron chi connectivity index (χ1n) is 4.14. The third-order valence-corrected chi connectivity index (χ3v) is 3.21. The number of nitrogens with one attached hydrogen (secondary N) is 1. The average molecular weight is 272 g/mol. The summed E-state index contributed by atoms with van der Waals surface area (Å²) in [5, 5.41) is 0.682. The van der Waals surface area contributed by atoms with Gasteiger partial charge in [-0.15, -0.1) is 0 Å². The van der Waals surface area contributed by atoms with Crippen molar-refractivity contribution in [2.45, 2.75) is 6.92 Å². The minimum atomic E-state index is 0.682. The Kier molecular flexibility index (Phi) is 2.61. The first kappa shape index (κ1) is 9.74. The molecule has 0 unspecified atom stereocenters. The van der Waals surface area contributed by atoms with E-state index in [0.717, 1.165) is 21.6 Å². The minimum absolute atomic E-state index is 0.682. The zero-order valence-electron chi connectivity index (χ0n) is 7.51. The Hall–Kier alpha value is -0.800.